The molecule has 0 spiro atoms. The normalized spacial score (nSPS) is 10.6. The molecule has 0 saturated carbocycles. The van der Waals surface area contributed by atoms with Crippen LogP contribution >= 0.6 is 0 Å². The minimum absolute atomic E-state index is 0.242. The van der Waals surface area contributed by atoms with Crippen molar-refractivity contribution in [1.82, 2.24) is 0 Å². The Balaban J connectivity index is 2.56. The van der Waals surface area contributed by atoms with Crippen molar-refractivity contribution in [3.8, 4) is 5.75 Å². The van der Waals surface area contributed by atoms with E-state index in [4.69, 9.17) is 0 Å². The van der Waals surface area contributed by atoms with Gasteiger partial charge < -0.3 is 4.74 Å². The molecule has 0 aromatic heterocycles. The summed E-state index contributed by atoms with van der Waals surface area (Å²) in [4.78, 5) is 0. The van der Waals surface area contributed by atoms with Gasteiger partial charge in [-0.3, -0.25) is 0 Å². The van der Waals surface area contributed by atoms with Gasteiger partial charge in [-0.05, 0) is 41.6 Å². The first-order chi connectivity index (χ1) is 9.86. The zero-order valence-corrected chi connectivity index (χ0v) is 11.1. The number of hydrogen-bond donors (Lipinski definition) is 0. The Bertz CT molecular complexity index is 702. The third-order valence-electron chi connectivity index (χ3n) is 2.98. The molecule has 1 radical (unpaired) electrons. The maximum absolute atomic E-state index is 13.9. The summed E-state index contributed by atoms with van der Waals surface area (Å²) in [5.74, 6) is -6.37. The van der Waals surface area contributed by atoms with Gasteiger partial charge in [-0.2, -0.15) is 0 Å². The highest BCUT2D eigenvalue weighted by molar-refractivity contribution is 6.67. The lowest BCUT2D eigenvalue weighted by atomic mass is 9.62. The van der Waals surface area contributed by atoms with Crippen molar-refractivity contribution < 1.29 is 26.7 Å². The zero-order valence-electron chi connectivity index (χ0n) is 11.1. The zero-order chi connectivity index (χ0) is 15.7. The molecule has 21 heavy (non-hydrogen) atoms. The Hall–Kier alpha value is -2.05. The molecule has 1 nitrogen and oxygen atoms in total. The molecule has 0 bridgehead atoms. The third-order valence-corrected chi connectivity index (χ3v) is 2.98. The number of benzene rings is 2. The summed E-state index contributed by atoms with van der Waals surface area (Å²) in [6, 6.07) is 2.67. The number of halogens is 5. The quantitative estimate of drug-likeness (QED) is 0.480. The van der Waals surface area contributed by atoms with Crippen molar-refractivity contribution in [3.05, 3.63) is 52.8 Å². The molecule has 0 amide bonds. The summed E-state index contributed by atoms with van der Waals surface area (Å²) >= 11 is 0. The second-order valence-corrected chi connectivity index (χ2v) is 4.34. The topological polar surface area (TPSA) is 9.23 Å². The predicted octanol–water partition coefficient (Wildman–Crippen LogP) is 2.35. The average molecular weight is 299 g/mol. The molecule has 0 fully saturated rings. The van der Waals surface area contributed by atoms with Crippen molar-refractivity contribution in [2.24, 2.45) is 0 Å². The smallest absolute Gasteiger partial charge is 0.207 e. The van der Waals surface area contributed by atoms with Gasteiger partial charge in [-0.15, -0.1) is 0 Å². The molecule has 7 heteroatoms. The lowest BCUT2D eigenvalue weighted by Crippen LogP contribution is -2.37. The second kappa shape index (κ2) is 5.75. The van der Waals surface area contributed by atoms with Crippen LogP contribution in [0.15, 0.2) is 18.2 Å². The van der Waals surface area contributed by atoms with Crippen LogP contribution < -0.4 is 15.7 Å². The molecule has 0 heterocycles. The van der Waals surface area contributed by atoms with E-state index in [1.54, 1.807) is 0 Å². The Labute approximate surface area is 118 Å². The van der Waals surface area contributed by atoms with E-state index in [0.29, 0.717) is 7.28 Å². The van der Waals surface area contributed by atoms with Crippen LogP contribution in [0.3, 0.4) is 0 Å². The minimum atomic E-state index is -1.51. The van der Waals surface area contributed by atoms with Gasteiger partial charge >= 0.3 is 0 Å². The Morgan fingerprint density at radius 1 is 0.857 bits per heavy atom. The third kappa shape index (κ3) is 2.72. The van der Waals surface area contributed by atoms with Gasteiger partial charge in [0.15, 0.2) is 23.2 Å². The Morgan fingerprint density at radius 3 is 2.10 bits per heavy atom. The van der Waals surface area contributed by atoms with E-state index in [1.165, 1.54) is 6.92 Å². The van der Waals surface area contributed by atoms with Crippen LogP contribution in [0.2, 0.25) is 0 Å². The number of rotatable bonds is 3. The van der Waals surface area contributed by atoms with Gasteiger partial charge in [0.1, 0.15) is 11.6 Å². The van der Waals surface area contributed by atoms with E-state index in [-0.39, 0.29) is 11.3 Å². The fourth-order valence-electron chi connectivity index (χ4n) is 1.84. The lowest BCUT2D eigenvalue weighted by molar-refractivity contribution is 0.386. The lowest BCUT2D eigenvalue weighted by Gasteiger charge is -2.10. The van der Waals surface area contributed by atoms with E-state index in [2.05, 4.69) is 4.74 Å². The highest BCUT2D eigenvalue weighted by Crippen LogP contribution is 2.16. The number of aryl methyl sites for hydroxylation is 1. The standard InChI is InChI=1S/C14H9BF5O/c1-6-5-8(17)11(14(20)12(6)18)15-10-7(16)3-4-9(21-2)13(10)19/h3-5H,1-2H3. The van der Waals surface area contributed by atoms with E-state index in [9.17, 15) is 22.0 Å². The number of ether oxygens (including phenoxy) is 1. The molecule has 0 aliphatic rings. The molecule has 0 unspecified atom stereocenters. The molecule has 0 atom stereocenters. The summed E-state index contributed by atoms with van der Waals surface area (Å²) in [5, 5.41) is 0. The first-order valence-electron chi connectivity index (χ1n) is 5.87. The highest BCUT2D eigenvalue weighted by Gasteiger charge is 2.22. The largest absolute Gasteiger partial charge is 0.494 e. The summed E-state index contributed by atoms with van der Waals surface area (Å²) < 4.78 is 73.1. The van der Waals surface area contributed by atoms with Gasteiger partial charge in [0.25, 0.3) is 0 Å². The molecule has 2 aromatic carbocycles. The van der Waals surface area contributed by atoms with Gasteiger partial charge in [-0.1, -0.05) is 0 Å². The van der Waals surface area contributed by atoms with Gasteiger partial charge in [0.2, 0.25) is 7.28 Å². The average Bonchev–Trinajstić information content (AvgIpc) is 2.44. The summed E-state index contributed by atoms with van der Waals surface area (Å²) in [6.07, 6.45) is 0. The van der Waals surface area contributed by atoms with Crippen LogP contribution in [0.25, 0.3) is 0 Å². The summed E-state index contributed by atoms with van der Waals surface area (Å²) in [7, 11) is 1.73. The van der Waals surface area contributed by atoms with Crippen LogP contribution in [-0.4, -0.2) is 14.4 Å². The monoisotopic (exact) mass is 299 g/mol. The first-order valence-corrected chi connectivity index (χ1v) is 5.87. The van der Waals surface area contributed by atoms with E-state index in [0.717, 1.165) is 25.3 Å². The van der Waals surface area contributed by atoms with Gasteiger partial charge in [0.05, 0.1) is 7.11 Å². The second-order valence-electron chi connectivity index (χ2n) is 4.34. The predicted molar refractivity (Wildman–Crippen MR) is 69.0 cm³/mol. The summed E-state index contributed by atoms with van der Waals surface area (Å²) in [5.41, 5.74) is -1.81. The molecule has 109 valence electrons. The molecule has 0 aliphatic carbocycles. The van der Waals surface area contributed by atoms with Gasteiger partial charge in [-0.25, -0.2) is 22.0 Å². The van der Waals surface area contributed by atoms with Gasteiger partial charge in [0, 0.05) is 0 Å². The van der Waals surface area contributed by atoms with Crippen molar-refractivity contribution in [2.75, 3.05) is 7.11 Å². The molecule has 2 rings (SSSR count). The van der Waals surface area contributed by atoms with E-state index in [1.807, 2.05) is 0 Å². The van der Waals surface area contributed by atoms with Crippen molar-refractivity contribution in [3.63, 3.8) is 0 Å². The number of methoxy groups -OCH3 is 1. The van der Waals surface area contributed by atoms with Crippen LogP contribution in [-0.2, 0) is 0 Å². The van der Waals surface area contributed by atoms with E-state index >= 15 is 0 Å². The van der Waals surface area contributed by atoms with Crippen LogP contribution in [0.4, 0.5) is 22.0 Å². The Morgan fingerprint density at radius 2 is 1.48 bits per heavy atom. The highest BCUT2D eigenvalue weighted by atomic mass is 19.2. The minimum Gasteiger partial charge on any atom is -0.494 e. The molecule has 2 aromatic rings. The first kappa shape index (κ1) is 15.3. The molecular weight excluding hydrogens is 290 g/mol. The fourth-order valence-corrected chi connectivity index (χ4v) is 1.84. The molecule has 0 aliphatic heterocycles. The van der Waals surface area contributed by atoms with Crippen LogP contribution in [0.1, 0.15) is 5.56 Å². The van der Waals surface area contributed by atoms with Crippen LogP contribution in [0, 0.1) is 36.0 Å². The molecule has 0 saturated heterocycles. The van der Waals surface area contributed by atoms with Crippen molar-refractivity contribution in [2.45, 2.75) is 6.92 Å². The fraction of sp³-hybridized carbons (Fsp3) is 0.143. The SMILES string of the molecule is COc1ccc(F)c([B]c2c(F)cc(C)c(F)c2F)c1F. The molecule has 0 N–H and O–H groups in total. The van der Waals surface area contributed by atoms with Crippen LogP contribution in [0.5, 0.6) is 5.75 Å². The number of hydrogen-bond acceptors (Lipinski definition) is 1. The maximum Gasteiger partial charge on any atom is 0.207 e. The maximum atomic E-state index is 13.9. The summed E-state index contributed by atoms with van der Waals surface area (Å²) in [6.45, 7) is 1.18. The Kier molecular flexibility index (Phi) is 4.20. The van der Waals surface area contributed by atoms with Crippen molar-refractivity contribution >= 4 is 18.2 Å². The van der Waals surface area contributed by atoms with Crippen molar-refractivity contribution in [1.29, 1.82) is 0 Å². The molecular formula is C14H9BF5O. The van der Waals surface area contributed by atoms with E-state index < -0.39 is 40.0 Å².